The van der Waals surface area contributed by atoms with Crippen molar-refractivity contribution in [1.82, 2.24) is 49.7 Å². The first-order chi connectivity index (χ1) is 15.1. The van der Waals surface area contributed by atoms with Crippen LogP contribution in [0.25, 0.3) is 38.9 Å². The quantitative estimate of drug-likeness (QED) is 0.288. The molecular formula is C18H12N10O3. The average Bonchev–Trinajstić information content (AvgIpc) is 3.45. The molecule has 6 aromatic rings. The van der Waals surface area contributed by atoms with Crippen molar-refractivity contribution in [2.24, 2.45) is 0 Å². The molecule has 0 aliphatic heterocycles. The number of H-pyrrole nitrogens is 4. The average molecular weight is 416 g/mol. The van der Waals surface area contributed by atoms with Gasteiger partial charge in [-0.3, -0.25) is 14.6 Å². The largest absolute Gasteiger partial charge is 0.339 e. The first-order valence-electron chi connectivity index (χ1n) is 8.89. The molecule has 0 radical (unpaired) electrons. The van der Waals surface area contributed by atoms with Crippen LogP contribution in [0.3, 0.4) is 0 Å². The summed E-state index contributed by atoms with van der Waals surface area (Å²) in [5.74, 6) is 0.191. The van der Waals surface area contributed by atoms with Crippen molar-refractivity contribution in [2.75, 3.05) is 0 Å². The SMILES string of the molecule is O=c1[nH]c2nc[nH]c2c(=O)n1-c1nncc2ccccc12.O=c1[nH]cnc2nc[nH]c12. The van der Waals surface area contributed by atoms with Gasteiger partial charge in [0.05, 0.1) is 25.2 Å². The zero-order valence-electron chi connectivity index (χ0n) is 15.5. The molecule has 4 N–H and O–H groups in total. The van der Waals surface area contributed by atoms with E-state index in [1.54, 1.807) is 12.3 Å². The van der Waals surface area contributed by atoms with Crippen LogP contribution in [0.15, 0.2) is 63.8 Å². The number of fused-ring (bicyclic) bond motifs is 3. The topological polar surface area (TPSA) is 184 Å². The number of hydrogen-bond donors (Lipinski definition) is 4. The Morgan fingerprint density at radius 2 is 1.58 bits per heavy atom. The van der Waals surface area contributed by atoms with Crippen molar-refractivity contribution in [3.63, 3.8) is 0 Å². The molecule has 152 valence electrons. The third kappa shape index (κ3) is 3.05. The lowest BCUT2D eigenvalue weighted by molar-refractivity contribution is 0.841. The molecular weight excluding hydrogens is 404 g/mol. The Hall–Kier alpha value is -4.94. The summed E-state index contributed by atoms with van der Waals surface area (Å²) in [7, 11) is 0. The Bertz CT molecular complexity index is 1720. The van der Waals surface area contributed by atoms with Gasteiger partial charge in [0.1, 0.15) is 5.52 Å². The van der Waals surface area contributed by atoms with E-state index in [0.717, 1.165) is 9.95 Å². The fraction of sp³-hybridized carbons (Fsp3) is 0. The first-order valence-corrected chi connectivity index (χ1v) is 8.89. The summed E-state index contributed by atoms with van der Waals surface area (Å²) < 4.78 is 0.954. The molecule has 0 fully saturated rings. The van der Waals surface area contributed by atoms with Crippen molar-refractivity contribution in [1.29, 1.82) is 0 Å². The second kappa shape index (κ2) is 7.14. The zero-order valence-corrected chi connectivity index (χ0v) is 15.5. The number of rotatable bonds is 1. The lowest BCUT2D eigenvalue weighted by atomic mass is 10.2. The van der Waals surface area contributed by atoms with E-state index in [1.807, 2.05) is 18.2 Å². The van der Waals surface area contributed by atoms with Crippen LogP contribution in [0.2, 0.25) is 0 Å². The predicted octanol–water partition coefficient (Wildman–Crippen LogP) is -0.00850. The van der Waals surface area contributed by atoms with Crippen LogP contribution in [0, 0.1) is 0 Å². The molecule has 0 aliphatic carbocycles. The number of aromatic amines is 4. The maximum Gasteiger partial charge on any atom is 0.336 e. The van der Waals surface area contributed by atoms with E-state index in [4.69, 9.17) is 0 Å². The zero-order chi connectivity index (χ0) is 21.4. The summed E-state index contributed by atoms with van der Waals surface area (Å²) in [6, 6.07) is 7.27. The number of aromatic nitrogens is 10. The Morgan fingerprint density at radius 3 is 2.42 bits per heavy atom. The highest BCUT2D eigenvalue weighted by atomic mass is 16.2. The fourth-order valence-corrected chi connectivity index (χ4v) is 3.06. The third-order valence-corrected chi connectivity index (χ3v) is 4.48. The highest BCUT2D eigenvalue weighted by molar-refractivity contribution is 5.87. The van der Waals surface area contributed by atoms with Crippen LogP contribution < -0.4 is 16.8 Å². The fourth-order valence-electron chi connectivity index (χ4n) is 3.06. The minimum Gasteiger partial charge on any atom is -0.339 e. The maximum absolute atomic E-state index is 12.5. The molecule has 0 unspecified atom stereocenters. The molecule has 13 heteroatoms. The van der Waals surface area contributed by atoms with Crippen LogP contribution in [-0.4, -0.2) is 49.7 Å². The lowest BCUT2D eigenvalue weighted by Gasteiger charge is -2.05. The van der Waals surface area contributed by atoms with E-state index >= 15 is 0 Å². The van der Waals surface area contributed by atoms with Crippen LogP contribution >= 0.6 is 0 Å². The number of nitrogens with one attached hydrogen (secondary N) is 4. The van der Waals surface area contributed by atoms with Crippen molar-refractivity contribution >= 4 is 33.1 Å². The Labute approximate surface area is 169 Å². The van der Waals surface area contributed by atoms with Gasteiger partial charge >= 0.3 is 5.69 Å². The molecule has 0 atom stereocenters. The highest BCUT2D eigenvalue weighted by Crippen LogP contribution is 2.16. The van der Waals surface area contributed by atoms with E-state index in [0.29, 0.717) is 16.6 Å². The molecule has 13 nitrogen and oxygen atoms in total. The van der Waals surface area contributed by atoms with Gasteiger partial charge in [-0.1, -0.05) is 24.3 Å². The highest BCUT2D eigenvalue weighted by Gasteiger charge is 2.14. The molecule has 0 bridgehead atoms. The first kappa shape index (κ1) is 18.1. The van der Waals surface area contributed by atoms with Gasteiger partial charge in [0, 0.05) is 10.8 Å². The Balaban J connectivity index is 0.000000171. The predicted molar refractivity (Wildman–Crippen MR) is 110 cm³/mol. The van der Waals surface area contributed by atoms with E-state index < -0.39 is 11.2 Å². The van der Waals surface area contributed by atoms with Crippen molar-refractivity contribution in [3.8, 4) is 5.82 Å². The van der Waals surface area contributed by atoms with Gasteiger partial charge in [-0.2, -0.15) is 5.10 Å². The second-order valence-corrected chi connectivity index (χ2v) is 6.29. The lowest BCUT2D eigenvalue weighted by Crippen LogP contribution is -2.34. The van der Waals surface area contributed by atoms with Gasteiger partial charge in [0.2, 0.25) is 0 Å². The molecule has 1 aromatic carbocycles. The van der Waals surface area contributed by atoms with Crippen LogP contribution in [0.4, 0.5) is 0 Å². The molecule has 31 heavy (non-hydrogen) atoms. The molecule has 0 spiro atoms. The number of imidazole rings is 2. The smallest absolute Gasteiger partial charge is 0.336 e. The molecule has 5 aromatic heterocycles. The monoisotopic (exact) mass is 416 g/mol. The minimum absolute atomic E-state index is 0.191. The van der Waals surface area contributed by atoms with Crippen molar-refractivity contribution < 1.29 is 0 Å². The molecule has 0 saturated heterocycles. The van der Waals surface area contributed by atoms with Gasteiger partial charge in [-0.25, -0.2) is 24.3 Å². The number of nitrogens with zero attached hydrogens (tertiary/aromatic N) is 6. The van der Waals surface area contributed by atoms with Crippen molar-refractivity contribution in [3.05, 3.63) is 80.6 Å². The number of benzene rings is 1. The van der Waals surface area contributed by atoms with Gasteiger partial charge in [0.15, 0.2) is 22.6 Å². The number of hydrogen-bond acceptors (Lipinski definition) is 8. The van der Waals surface area contributed by atoms with Crippen molar-refractivity contribution in [2.45, 2.75) is 0 Å². The Kier molecular flexibility index (Phi) is 4.17. The summed E-state index contributed by atoms with van der Waals surface area (Å²) in [5, 5.41) is 9.26. The van der Waals surface area contributed by atoms with Gasteiger partial charge in [-0.15, -0.1) is 5.10 Å². The molecule has 0 saturated carbocycles. The molecule has 6 rings (SSSR count). The minimum atomic E-state index is -0.606. The molecule has 5 heterocycles. The van der Waals surface area contributed by atoms with Gasteiger partial charge < -0.3 is 15.0 Å². The summed E-state index contributed by atoms with van der Waals surface area (Å²) in [5.41, 5.74) is -0.0188. The van der Waals surface area contributed by atoms with Crippen LogP contribution in [0.1, 0.15) is 0 Å². The van der Waals surface area contributed by atoms with E-state index in [-0.39, 0.29) is 22.5 Å². The molecule has 0 amide bonds. The van der Waals surface area contributed by atoms with E-state index in [2.05, 4.69) is 45.1 Å². The summed E-state index contributed by atoms with van der Waals surface area (Å²) in [6.07, 6.45) is 5.69. The van der Waals surface area contributed by atoms with Crippen LogP contribution in [0.5, 0.6) is 0 Å². The maximum atomic E-state index is 12.5. The summed E-state index contributed by atoms with van der Waals surface area (Å²) in [4.78, 5) is 57.3. The Morgan fingerprint density at radius 1 is 0.839 bits per heavy atom. The standard InChI is InChI=1S/C13H8N6O2.C5H4N4O/c20-12-9-10(15-6-14-9)17-13(21)19(12)11-8-4-2-1-3-7(8)5-16-18-11;10-5-3-4(7-1-6-3)8-2-9-5/h1-6H,(H,14,15)(H,17,21);1-2H,(H2,6,7,8,9,10). The van der Waals surface area contributed by atoms with Crippen LogP contribution in [-0.2, 0) is 0 Å². The van der Waals surface area contributed by atoms with Gasteiger partial charge in [-0.05, 0) is 0 Å². The third-order valence-electron chi connectivity index (χ3n) is 4.48. The van der Waals surface area contributed by atoms with Gasteiger partial charge in [0.25, 0.3) is 11.1 Å². The van der Waals surface area contributed by atoms with E-state index in [1.165, 1.54) is 19.0 Å². The summed E-state index contributed by atoms with van der Waals surface area (Å²) >= 11 is 0. The van der Waals surface area contributed by atoms with E-state index in [9.17, 15) is 14.4 Å². The normalized spacial score (nSPS) is 11.0. The second-order valence-electron chi connectivity index (χ2n) is 6.29. The molecule has 0 aliphatic rings. The summed E-state index contributed by atoms with van der Waals surface area (Å²) in [6.45, 7) is 0.